The minimum atomic E-state index is -0.568. The fourth-order valence-electron chi connectivity index (χ4n) is 2.12. The number of allylic oxidation sites excluding steroid dienone is 6. The number of hydrogen-bond acceptors (Lipinski definition) is 5. The van der Waals surface area contributed by atoms with Gasteiger partial charge in [0.15, 0.2) is 12.4 Å². The largest absolute Gasteiger partial charge is 0.507 e. The molecule has 1 atom stereocenters. The first kappa shape index (κ1) is 16.5. The molecular formula is C18H18O5. The number of ether oxygens (including phenoxy) is 2. The third kappa shape index (κ3) is 4.57. The molecule has 1 N–H and O–H groups in total. The maximum Gasteiger partial charge on any atom is 0.343 e. The van der Waals surface area contributed by atoms with E-state index in [9.17, 15) is 14.7 Å². The van der Waals surface area contributed by atoms with Gasteiger partial charge in [0.05, 0.1) is 7.11 Å². The van der Waals surface area contributed by atoms with E-state index < -0.39 is 5.97 Å². The van der Waals surface area contributed by atoms with Crippen LogP contribution in [0.5, 0.6) is 11.5 Å². The first-order valence-corrected chi connectivity index (χ1v) is 7.19. The minimum absolute atomic E-state index is 0.0305. The number of aromatic hydroxyl groups is 1. The van der Waals surface area contributed by atoms with Crippen LogP contribution in [0.1, 0.15) is 16.8 Å². The second-order valence-corrected chi connectivity index (χ2v) is 4.95. The van der Waals surface area contributed by atoms with Crippen LogP contribution in [0.15, 0.2) is 54.7 Å². The molecular weight excluding hydrogens is 296 g/mol. The molecule has 120 valence electrons. The predicted molar refractivity (Wildman–Crippen MR) is 85.5 cm³/mol. The van der Waals surface area contributed by atoms with Gasteiger partial charge in [-0.2, -0.15) is 0 Å². The van der Waals surface area contributed by atoms with Gasteiger partial charge in [-0.3, -0.25) is 4.79 Å². The number of esters is 1. The minimum Gasteiger partial charge on any atom is -0.507 e. The normalized spacial score (nSPS) is 16.5. The molecule has 23 heavy (non-hydrogen) atoms. The van der Waals surface area contributed by atoms with Crippen LogP contribution >= 0.6 is 0 Å². The van der Waals surface area contributed by atoms with Gasteiger partial charge in [0.2, 0.25) is 0 Å². The Hall–Kier alpha value is -2.82. The maximum absolute atomic E-state index is 12.4. The zero-order valence-electron chi connectivity index (χ0n) is 12.8. The third-order valence-corrected chi connectivity index (χ3v) is 3.33. The first-order chi connectivity index (χ1) is 11.1. The fourth-order valence-corrected chi connectivity index (χ4v) is 2.12. The summed E-state index contributed by atoms with van der Waals surface area (Å²) < 4.78 is 9.76. The summed E-state index contributed by atoms with van der Waals surface area (Å²) in [6.07, 6.45) is 11.9. The van der Waals surface area contributed by atoms with E-state index >= 15 is 0 Å². The number of ketones is 1. The summed E-state index contributed by atoms with van der Waals surface area (Å²) in [7, 11) is 1.25. The molecule has 0 saturated heterocycles. The van der Waals surface area contributed by atoms with Crippen molar-refractivity contribution >= 4 is 11.8 Å². The van der Waals surface area contributed by atoms with Gasteiger partial charge in [-0.05, 0) is 30.5 Å². The molecule has 1 aromatic carbocycles. The zero-order valence-corrected chi connectivity index (χ0v) is 12.8. The lowest BCUT2D eigenvalue weighted by Crippen LogP contribution is -2.14. The van der Waals surface area contributed by atoms with Crippen LogP contribution in [0.2, 0.25) is 0 Å². The highest BCUT2D eigenvalue weighted by Gasteiger charge is 2.16. The van der Waals surface area contributed by atoms with Crippen LogP contribution in [0, 0.1) is 5.92 Å². The lowest BCUT2D eigenvalue weighted by molar-refractivity contribution is -0.142. The molecule has 0 fully saturated rings. The van der Waals surface area contributed by atoms with Crippen LogP contribution in [0.4, 0.5) is 0 Å². The standard InChI is InChI=1S/C18H18O5/c1-22-17(21)12-23-16-9-5-8-14(19)18(16)15(20)11-10-13-6-3-2-4-7-13/h2-6,8-11,13,19H,7,12H2,1H3. The van der Waals surface area contributed by atoms with Crippen molar-refractivity contribution < 1.29 is 24.2 Å². The average molecular weight is 314 g/mol. The number of rotatable bonds is 6. The quantitative estimate of drug-likeness (QED) is 0.496. The van der Waals surface area contributed by atoms with Gasteiger partial charge in [-0.1, -0.05) is 36.4 Å². The number of phenolic OH excluding ortho intramolecular Hbond substituents is 1. The van der Waals surface area contributed by atoms with E-state index in [4.69, 9.17) is 4.74 Å². The molecule has 0 radical (unpaired) electrons. The van der Waals surface area contributed by atoms with Crippen LogP contribution in [-0.2, 0) is 9.53 Å². The number of carbonyl (C=O) groups is 2. The van der Waals surface area contributed by atoms with Gasteiger partial charge in [-0.15, -0.1) is 0 Å². The van der Waals surface area contributed by atoms with Crippen LogP contribution in [0.25, 0.3) is 0 Å². The van der Waals surface area contributed by atoms with Crippen LogP contribution in [-0.4, -0.2) is 30.6 Å². The SMILES string of the molecule is COC(=O)COc1cccc(O)c1C(=O)C=CC1C=CC=CC1. The highest BCUT2D eigenvalue weighted by molar-refractivity contribution is 6.08. The van der Waals surface area contributed by atoms with Crippen molar-refractivity contribution in [2.45, 2.75) is 6.42 Å². The van der Waals surface area contributed by atoms with Crippen LogP contribution < -0.4 is 4.74 Å². The second-order valence-electron chi connectivity index (χ2n) is 4.95. The van der Waals surface area contributed by atoms with E-state index in [1.807, 2.05) is 24.3 Å². The molecule has 0 aliphatic heterocycles. The number of benzene rings is 1. The highest BCUT2D eigenvalue weighted by atomic mass is 16.6. The van der Waals surface area contributed by atoms with E-state index in [1.54, 1.807) is 6.08 Å². The highest BCUT2D eigenvalue weighted by Crippen LogP contribution is 2.28. The summed E-state index contributed by atoms with van der Waals surface area (Å²) in [5.41, 5.74) is 0.0305. The van der Waals surface area contributed by atoms with Gasteiger partial charge in [0.1, 0.15) is 17.1 Å². The van der Waals surface area contributed by atoms with E-state index in [0.29, 0.717) is 0 Å². The zero-order chi connectivity index (χ0) is 16.7. The Labute approximate surface area is 134 Å². The number of carbonyl (C=O) groups excluding carboxylic acids is 2. The van der Waals surface area contributed by atoms with Crippen molar-refractivity contribution in [3.05, 3.63) is 60.2 Å². The van der Waals surface area contributed by atoms with E-state index in [-0.39, 0.29) is 35.4 Å². The Morgan fingerprint density at radius 1 is 1.35 bits per heavy atom. The topological polar surface area (TPSA) is 72.8 Å². The van der Waals surface area contributed by atoms with Gasteiger partial charge in [-0.25, -0.2) is 4.79 Å². The van der Waals surface area contributed by atoms with Gasteiger partial charge < -0.3 is 14.6 Å². The number of hydrogen-bond donors (Lipinski definition) is 1. The Morgan fingerprint density at radius 3 is 2.87 bits per heavy atom. The molecule has 0 spiro atoms. The Balaban J connectivity index is 2.15. The van der Waals surface area contributed by atoms with Crippen molar-refractivity contribution in [2.75, 3.05) is 13.7 Å². The van der Waals surface area contributed by atoms with Crippen molar-refractivity contribution in [3.63, 3.8) is 0 Å². The Bertz CT molecular complexity index is 670. The summed E-state index contributed by atoms with van der Waals surface area (Å²) in [4.78, 5) is 23.5. The number of methoxy groups -OCH3 is 1. The summed E-state index contributed by atoms with van der Waals surface area (Å²) in [5, 5.41) is 9.95. The molecule has 1 aliphatic rings. The van der Waals surface area contributed by atoms with Crippen molar-refractivity contribution in [3.8, 4) is 11.5 Å². The molecule has 1 aliphatic carbocycles. The molecule has 0 saturated carbocycles. The molecule has 2 rings (SSSR count). The van der Waals surface area contributed by atoms with Crippen molar-refractivity contribution in [1.82, 2.24) is 0 Å². The second kappa shape index (κ2) is 7.98. The molecule has 0 heterocycles. The Morgan fingerprint density at radius 2 is 2.17 bits per heavy atom. The average Bonchev–Trinajstić information content (AvgIpc) is 2.58. The summed E-state index contributed by atoms with van der Waals surface area (Å²) in [5.74, 6) is -0.855. The van der Waals surface area contributed by atoms with Gasteiger partial charge >= 0.3 is 5.97 Å². The molecule has 1 aromatic rings. The van der Waals surface area contributed by atoms with E-state index in [1.165, 1.54) is 31.4 Å². The summed E-state index contributed by atoms with van der Waals surface area (Å²) >= 11 is 0. The smallest absolute Gasteiger partial charge is 0.343 e. The lowest BCUT2D eigenvalue weighted by atomic mass is 9.99. The molecule has 5 heteroatoms. The molecule has 0 aromatic heterocycles. The predicted octanol–water partition coefficient (Wildman–Crippen LogP) is 2.82. The van der Waals surface area contributed by atoms with Crippen molar-refractivity contribution in [1.29, 1.82) is 0 Å². The summed E-state index contributed by atoms with van der Waals surface area (Å²) in [6, 6.07) is 4.46. The molecule has 0 bridgehead atoms. The Kier molecular flexibility index (Phi) is 5.74. The van der Waals surface area contributed by atoms with E-state index in [0.717, 1.165) is 6.42 Å². The van der Waals surface area contributed by atoms with Crippen molar-refractivity contribution in [2.24, 2.45) is 5.92 Å². The molecule has 0 amide bonds. The van der Waals surface area contributed by atoms with Gasteiger partial charge in [0, 0.05) is 0 Å². The molecule has 5 nitrogen and oxygen atoms in total. The first-order valence-electron chi connectivity index (χ1n) is 7.19. The van der Waals surface area contributed by atoms with Crippen LogP contribution in [0.3, 0.4) is 0 Å². The molecule has 1 unspecified atom stereocenters. The van der Waals surface area contributed by atoms with E-state index in [2.05, 4.69) is 4.74 Å². The monoisotopic (exact) mass is 314 g/mol. The maximum atomic E-state index is 12.4. The lowest BCUT2D eigenvalue weighted by Gasteiger charge is -2.11. The van der Waals surface area contributed by atoms with Gasteiger partial charge in [0.25, 0.3) is 0 Å². The summed E-state index contributed by atoms with van der Waals surface area (Å²) in [6.45, 7) is -0.333. The third-order valence-electron chi connectivity index (χ3n) is 3.33. The number of phenols is 1. The fraction of sp³-hybridized carbons (Fsp3) is 0.222.